The summed E-state index contributed by atoms with van der Waals surface area (Å²) in [7, 11) is 1.66. The van der Waals surface area contributed by atoms with Crippen molar-refractivity contribution in [2.45, 2.75) is 38.8 Å². The van der Waals surface area contributed by atoms with Crippen LogP contribution in [0.1, 0.15) is 37.0 Å². The lowest BCUT2D eigenvalue weighted by Gasteiger charge is -2.25. The van der Waals surface area contributed by atoms with E-state index in [9.17, 15) is 9.59 Å². The zero-order valence-electron chi connectivity index (χ0n) is 14.4. The molecule has 0 bridgehead atoms. The minimum absolute atomic E-state index is 0.0275. The third-order valence-electron chi connectivity index (χ3n) is 4.16. The average molecular weight is 335 g/mol. The molecule has 2 atom stereocenters. The first-order valence-corrected chi connectivity index (χ1v) is 8.19. The van der Waals surface area contributed by atoms with Crippen LogP contribution < -0.4 is 4.74 Å². The van der Waals surface area contributed by atoms with E-state index in [4.69, 9.17) is 14.6 Å². The number of benzene rings is 1. The van der Waals surface area contributed by atoms with Gasteiger partial charge in [-0.1, -0.05) is 13.8 Å². The zero-order valence-corrected chi connectivity index (χ0v) is 14.4. The summed E-state index contributed by atoms with van der Waals surface area (Å²) in [5.41, 5.74) is 0.219. The van der Waals surface area contributed by atoms with E-state index in [1.54, 1.807) is 19.2 Å². The van der Waals surface area contributed by atoms with Crippen LogP contribution >= 0.6 is 0 Å². The number of nitrogens with zero attached hydrogens (tertiary/aromatic N) is 1. The van der Waals surface area contributed by atoms with E-state index in [1.807, 2.05) is 18.7 Å². The van der Waals surface area contributed by atoms with Crippen LogP contribution in [-0.2, 0) is 9.53 Å². The minimum Gasteiger partial charge on any atom is -0.491 e. The second kappa shape index (κ2) is 8.15. The van der Waals surface area contributed by atoms with Crippen LogP contribution in [0.3, 0.4) is 0 Å². The van der Waals surface area contributed by atoms with Crippen LogP contribution in [0, 0.1) is 5.92 Å². The first kappa shape index (κ1) is 18.3. The number of hydrogen-bond donors (Lipinski definition) is 1. The largest absolute Gasteiger partial charge is 0.491 e. The van der Waals surface area contributed by atoms with Crippen LogP contribution in [0.25, 0.3) is 0 Å². The number of aromatic carboxylic acids is 1. The van der Waals surface area contributed by atoms with Crippen LogP contribution in [0.15, 0.2) is 24.3 Å². The van der Waals surface area contributed by atoms with Gasteiger partial charge in [-0.2, -0.15) is 0 Å². The van der Waals surface area contributed by atoms with E-state index >= 15 is 0 Å². The number of carbonyl (C=O) groups is 2. The lowest BCUT2D eigenvalue weighted by molar-refractivity contribution is -0.133. The van der Waals surface area contributed by atoms with Crippen molar-refractivity contribution in [1.29, 1.82) is 0 Å². The molecule has 0 unspecified atom stereocenters. The van der Waals surface area contributed by atoms with Crippen LogP contribution in [0.2, 0.25) is 0 Å². The molecule has 0 aromatic heterocycles. The Morgan fingerprint density at radius 2 is 1.96 bits per heavy atom. The number of carbonyl (C=O) groups excluding carboxylic acids is 1. The Labute approximate surface area is 142 Å². The maximum atomic E-state index is 12.4. The maximum Gasteiger partial charge on any atom is 0.335 e. The van der Waals surface area contributed by atoms with Crippen molar-refractivity contribution in [3.8, 4) is 5.75 Å². The fourth-order valence-electron chi connectivity index (χ4n) is 2.86. The summed E-state index contributed by atoms with van der Waals surface area (Å²) < 4.78 is 11.2. The van der Waals surface area contributed by atoms with Gasteiger partial charge in [0.1, 0.15) is 12.4 Å². The fraction of sp³-hybridized carbons (Fsp3) is 0.556. The lowest BCUT2D eigenvalue weighted by Crippen LogP contribution is -2.39. The molecule has 0 aliphatic carbocycles. The summed E-state index contributed by atoms with van der Waals surface area (Å²) in [6, 6.07) is 6.25. The zero-order chi connectivity index (χ0) is 17.7. The van der Waals surface area contributed by atoms with Gasteiger partial charge in [-0.15, -0.1) is 0 Å². The Morgan fingerprint density at radius 1 is 1.29 bits per heavy atom. The molecule has 1 aliphatic heterocycles. The van der Waals surface area contributed by atoms with E-state index in [-0.39, 0.29) is 23.6 Å². The first-order chi connectivity index (χ1) is 11.4. The Hall–Kier alpha value is -2.08. The summed E-state index contributed by atoms with van der Waals surface area (Å²) in [6.45, 7) is 5.01. The van der Waals surface area contributed by atoms with Crippen molar-refractivity contribution >= 4 is 11.9 Å². The highest BCUT2D eigenvalue weighted by Crippen LogP contribution is 2.23. The molecular formula is C18H25NO5. The molecule has 1 heterocycles. The second-order valence-electron chi connectivity index (χ2n) is 6.53. The van der Waals surface area contributed by atoms with E-state index in [2.05, 4.69) is 0 Å². The number of likely N-dealkylation sites (tertiary alicyclic amines) is 1. The highest BCUT2D eigenvalue weighted by molar-refractivity contribution is 5.87. The Morgan fingerprint density at radius 3 is 2.50 bits per heavy atom. The van der Waals surface area contributed by atoms with Gasteiger partial charge in [0, 0.05) is 20.1 Å². The molecule has 6 nitrogen and oxygen atoms in total. The van der Waals surface area contributed by atoms with Gasteiger partial charge in [0.25, 0.3) is 0 Å². The van der Waals surface area contributed by atoms with Crippen molar-refractivity contribution in [1.82, 2.24) is 4.90 Å². The SMILES string of the molecule is CO[C@H]1C[C@@H](COc2ccc(C(=O)O)cc2)N(C(=O)CC(C)C)C1. The number of carboxylic acids is 1. The van der Waals surface area contributed by atoms with Crippen molar-refractivity contribution in [2.24, 2.45) is 5.92 Å². The van der Waals surface area contributed by atoms with Gasteiger partial charge < -0.3 is 19.5 Å². The summed E-state index contributed by atoms with van der Waals surface area (Å²) in [6.07, 6.45) is 1.29. The van der Waals surface area contributed by atoms with Gasteiger partial charge in [0.15, 0.2) is 0 Å². The molecule has 2 rings (SSSR count). The molecule has 1 aromatic carbocycles. The Bertz CT molecular complexity index is 569. The van der Waals surface area contributed by atoms with Crippen LogP contribution in [-0.4, -0.2) is 54.3 Å². The van der Waals surface area contributed by atoms with Crippen LogP contribution in [0.4, 0.5) is 0 Å². The quantitative estimate of drug-likeness (QED) is 0.828. The number of methoxy groups -OCH3 is 1. The van der Waals surface area contributed by atoms with Crippen molar-refractivity contribution in [3.05, 3.63) is 29.8 Å². The monoisotopic (exact) mass is 335 g/mol. The summed E-state index contributed by atoms with van der Waals surface area (Å²) >= 11 is 0. The molecule has 1 fully saturated rings. The van der Waals surface area contributed by atoms with Gasteiger partial charge in [-0.3, -0.25) is 4.79 Å². The fourth-order valence-corrected chi connectivity index (χ4v) is 2.86. The molecule has 1 aromatic rings. The molecule has 0 radical (unpaired) electrons. The molecular weight excluding hydrogens is 310 g/mol. The van der Waals surface area contributed by atoms with E-state index in [0.29, 0.717) is 31.2 Å². The van der Waals surface area contributed by atoms with E-state index in [0.717, 1.165) is 6.42 Å². The molecule has 0 saturated carbocycles. The summed E-state index contributed by atoms with van der Waals surface area (Å²) in [5.74, 6) is 0.0615. The molecule has 1 amide bonds. The Kier molecular flexibility index (Phi) is 6.20. The molecule has 24 heavy (non-hydrogen) atoms. The van der Waals surface area contributed by atoms with Gasteiger partial charge in [-0.05, 0) is 36.6 Å². The standard InChI is InChI=1S/C18H25NO5/c1-12(2)8-17(20)19-10-16(23-3)9-14(19)11-24-15-6-4-13(5-7-15)18(21)22/h4-7,12,14,16H,8-11H2,1-3H3,(H,21,22)/t14-,16-/m0/s1. The number of rotatable bonds is 7. The molecule has 6 heteroatoms. The number of carboxylic acid groups (broad SMARTS) is 1. The predicted octanol–water partition coefficient (Wildman–Crippen LogP) is 2.43. The molecule has 1 saturated heterocycles. The lowest BCUT2D eigenvalue weighted by atomic mass is 10.1. The van der Waals surface area contributed by atoms with E-state index in [1.165, 1.54) is 12.1 Å². The Balaban J connectivity index is 1.97. The molecule has 132 valence electrons. The normalized spacial score (nSPS) is 20.4. The third-order valence-corrected chi connectivity index (χ3v) is 4.16. The topological polar surface area (TPSA) is 76.1 Å². The first-order valence-electron chi connectivity index (χ1n) is 8.19. The molecule has 0 spiro atoms. The van der Waals surface area contributed by atoms with Crippen molar-refractivity contribution in [3.63, 3.8) is 0 Å². The smallest absolute Gasteiger partial charge is 0.335 e. The minimum atomic E-state index is -0.967. The predicted molar refractivity (Wildman–Crippen MR) is 89.3 cm³/mol. The maximum absolute atomic E-state index is 12.4. The average Bonchev–Trinajstić information content (AvgIpc) is 2.96. The number of ether oxygens (including phenoxy) is 2. The van der Waals surface area contributed by atoms with E-state index < -0.39 is 5.97 Å². The third kappa shape index (κ3) is 4.71. The van der Waals surface area contributed by atoms with Crippen molar-refractivity contribution in [2.75, 3.05) is 20.3 Å². The van der Waals surface area contributed by atoms with Crippen molar-refractivity contribution < 1.29 is 24.2 Å². The summed E-state index contributed by atoms with van der Waals surface area (Å²) in [5, 5.41) is 8.90. The molecule has 1 aliphatic rings. The molecule has 1 N–H and O–H groups in total. The van der Waals surface area contributed by atoms with Crippen LogP contribution in [0.5, 0.6) is 5.75 Å². The number of amides is 1. The highest BCUT2D eigenvalue weighted by Gasteiger charge is 2.35. The van der Waals surface area contributed by atoms with Gasteiger partial charge in [-0.25, -0.2) is 4.79 Å². The highest BCUT2D eigenvalue weighted by atomic mass is 16.5. The summed E-state index contributed by atoms with van der Waals surface area (Å²) in [4.78, 5) is 25.1. The van der Waals surface area contributed by atoms with Gasteiger partial charge in [0.2, 0.25) is 5.91 Å². The van der Waals surface area contributed by atoms with Gasteiger partial charge >= 0.3 is 5.97 Å². The number of hydrogen-bond acceptors (Lipinski definition) is 4. The van der Waals surface area contributed by atoms with Gasteiger partial charge in [0.05, 0.1) is 17.7 Å². The second-order valence-corrected chi connectivity index (χ2v) is 6.53.